The number of furan rings is 1. The van der Waals surface area contributed by atoms with Crippen molar-refractivity contribution in [1.29, 1.82) is 0 Å². The highest BCUT2D eigenvalue weighted by Crippen LogP contribution is 2.35. The normalized spacial score (nSPS) is 26.5. The Balaban J connectivity index is 1.48. The van der Waals surface area contributed by atoms with Crippen molar-refractivity contribution in [3.63, 3.8) is 0 Å². The predicted molar refractivity (Wildman–Crippen MR) is 88.6 cm³/mol. The fourth-order valence-electron chi connectivity index (χ4n) is 3.78. The summed E-state index contributed by atoms with van der Waals surface area (Å²) in [6.45, 7) is 6.54. The van der Waals surface area contributed by atoms with Crippen LogP contribution in [0.3, 0.4) is 0 Å². The molecule has 1 unspecified atom stereocenters. The van der Waals surface area contributed by atoms with Gasteiger partial charge in [-0.2, -0.15) is 0 Å². The van der Waals surface area contributed by atoms with Gasteiger partial charge in [0.25, 0.3) is 0 Å². The highest BCUT2D eigenvalue weighted by Gasteiger charge is 2.39. The van der Waals surface area contributed by atoms with Crippen LogP contribution in [-0.2, 0) is 11.3 Å². The third-order valence-corrected chi connectivity index (χ3v) is 5.51. The highest BCUT2D eigenvalue weighted by molar-refractivity contribution is 7.13. The molecule has 0 radical (unpaired) electrons. The number of aromatic nitrogens is 2. The number of piperidine rings is 1. The molecule has 0 aromatic carbocycles. The van der Waals surface area contributed by atoms with E-state index in [0.717, 1.165) is 56.8 Å². The van der Waals surface area contributed by atoms with Gasteiger partial charge in [0.15, 0.2) is 0 Å². The van der Waals surface area contributed by atoms with E-state index in [1.165, 1.54) is 12.8 Å². The number of nitrogens with zero attached hydrogens (tertiary/aromatic N) is 4. The molecule has 2 aliphatic rings. The predicted octanol–water partition coefficient (Wildman–Crippen LogP) is 2.25. The Hall–Kier alpha value is -1.44. The second kappa shape index (κ2) is 6.59. The zero-order chi connectivity index (χ0) is 15.5. The summed E-state index contributed by atoms with van der Waals surface area (Å²) >= 11 is 1.61. The Morgan fingerprint density at radius 2 is 2.30 bits per heavy atom. The van der Waals surface area contributed by atoms with Gasteiger partial charge >= 0.3 is 0 Å². The molecule has 1 atom stereocenters. The average Bonchev–Trinajstić information content (AvgIpc) is 3.22. The Morgan fingerprint density at radius 3 is 3.13 bits per heavy atom. The van der Waals surface area contributed by atoms with Crippen LogP contribution in [0.1, 0.15) is 18.6 Å². The van der Waals surface area contributed by atoms with Crippen LogP contribution in [0.4, 0.5) is 5.13 Å². The fraction of sp³-hybridized carbons (Fsp3) is 0.625. The highest BCUT2D eigenvalue weighted by atomic mass is 32.1. The van der Waals surface area contributed by atoms with E-state index < -0.39 is 0 Å². The summed E-state index contributed by atoms with van der Waals surface area (Å²) in [7, 11) is 0. The maximum absolute atomic E-state index is 5.96. The second-order valence-electron chi connectivity index (χ2n) is 6.59. The molecule has 2 fully saturated rings. The van der Waals surface area contributed by atoms with Crippen molar-refractivity contribution < 1.29 is 9.15 Å². The Kier molecular flexibility index (Phi) is 4.33. The average molecular weight is 334 g/mol. The minimum atomic E-state index is 0.174. The molecule has 2 aliphatic heterocycles. The monoisotopic (exact) mass is 334 g/mol. The molecular formula is C16H22N4O2S. The molecule has 0 aliphatic carbocycles. The number of likely N-dealkylation sites (tertiary alicyclic amines) is 1. The smallest absolute Gasteiger partial charge is 0.208 e. The summed E-state index contributed by atoms with van der Waals surface area (Å²) < 4.78 is 11.5. The van der Waals surface area contributed by atoms with Gasteiger partial charge in [0.05, 0.1) is 26.0 Å². The van der Waals surface area contributed by atoms with Gasteiger partial charge in [-0.15, -0.1) is 10.2 Å². The van der Waals surface area contributed by atoms with E-state index >= 15 is 0 Å². The lowest BCUT2D eigenvalue weighted by Crippen LogP contribution is -2.50. The Bertz CT molecular complexity index is 604. The van der Waals surface area contributed by atoms with E-state index in [0.29, 0.717) is 0 Å². The van der Waals surface area contributed by atoms with Crippen LogP contribution in [0, 0.1) is 5.41 Å². The molecule has 2 aromatic rings. The van der Waals surface area contributed by atoms with Crippen LogP contribution < -0.4 is 4.90 Å². The molecule has 6 nitrogen and oxygen atoms in total. The molecule has 0 saturated carbocycles. The first kappa shape index (κ1) is 15.1. The van der Waals surface area contributed by atoms with Crippen molar-refractivity contribution in [3.05, 3.63) is 29.7 Å². The summed E-state index contributed by atoms with van der Waals surface area (Å²) in [5, 5.41) is 9.25. The molecule has 4 rings (SSSR count). The minimum Gasteiger partial charge on any atom is -0.468 e. The third-order valence-electron chi connectivity index (χ3n) is 4.76. The SMILES string of the molecule is c1coc(CN2CCCC3(COCCN(c4nncs4)C3)C2)c1. The van der Waals surface area contributed by atoms with Crippen molar-refractivity contribution in [2.45, 2.75) is 19.4 Å². The second-order valence-corrected chi connectivity index (χ2v) is 7.40. The molecule has 1 spiro atoms. The molecule has 4 heterocycles. The molecule has 23 heavy (non-hydrogen) atoms. The molecular weight excluding hydrogens is 312 g/mol. The van der Waals surface area contributed by atoms with Crippen LogP contribution in [0.5, 0.6) is 0 Å². The van der Waals surface area contributed by atoms with Crippen molar-refractivity contribution in [3.8, 4) is 0 Å². The summed E-state index contributed by atoms with van der Waals surface area (Å²) in [6.07, 6.45) is 4.16. The van der Waals surface area contributed by atoms with Gasteiger partial charge in [-0.25, -0.2) is 0 Å². The third kappa shape index (κ3) is 3.41. The van der Waals surface area contributed by atoms with Crippen LogP contribution in [-0.4, -0.2) is 54.5 Å². The maximum atomic E-state index is 5.96. The zero-order valence-electron chi connectivity index (χ0n) is 13.2. The van der Waals surface area contributed by atoms with Gasteiger partial charge in [-0.3, -0.25) is 4.90 Å². The van der Waals surface area contributed by atoms with Gasteiger partial charge < -0.3 is 14.1 Å². The zero-order valence-corrected chi connectivity index (χ0v) is 14.0. The largest absolute Gasteiger partial charge is 0.468 e. The molecule has 2 saturated heterocycles. The van der Waals surface area contributed by atoms with E-state index in [1.54, 1.807) is 23.1 Å². The molecule has 2 aromatic heterocycles. The first-order valence-corrected chi connectivity index (χ1v) is 9.05. The summed E-state index contributed by atoms with van der Waals surface area (Å²) in [6, 6.07) is 4.01. The number of hydrogen-bond donors (Lipinski definition) is 0. The van der Waals surface area contributed by atoms with E-state index in [-0.39, 0.29) is 5.41 Å². The lowest BCUT2D eigenvalue weighted by molar-refractivity contribution is 0.00881. The maximum Gasteiger partial charge on any atom is 0.208 e. The van der Waals surface area contributed by atoms with Gasteiger partial charge in [0, 0.05) is 25.0 Å². The first-order valence-electron chi connectivity index (χ1n) is 8.17. The summed E-state index contributed by atoms with van der Waals surface area (Å²) in [5.74, 6) is 1.04. The van der Waals surface area contributed by atoms with Crippen LogP contribution in [0.2, 0.25) is 0 Å². The van der Waals surface area contributed by atoms with Gasteiger partial charge in [-0.1, -0.05) is 11.3 Å². The standard InChI is InChI=1S/C16H22N4O2S/c1-3-14(22-7-1)9-19-5-2-4-16(10-19)11-20(6-8-21-12-16)15-18-17-13-23-15/h1,3,7,13H,2,4-6,8-12H2. The van der Waals surface area contributed by atoms with Gasteiger partial charge in [0.1, 0.15) is 11.3 Å². The fourth-order valence-corrected chi connectivity index (χ4v) is 4.36. The Labute approximate surface area is 140 Å². The van der Waals surface area contributed by atoms with E-state index in [9.17, 15) is 0 Å². The lowest BCUT2D eigenvalue weighted by Gasteiger charge is -2.43. The van der Waals surface area contributed by atoms with Crippen molar-refractivity contribution in [2.24, 2.45) is 5.41 Å². The van der Waals surface area contributed by atoms with Crippen LogP contribution in [0.15, 0.2) is 28.3 Å². The quantitative estimate of drug-likeness (QED) is 0.858. The van der Waals surface area contributed by atoms with Gasteiger partial charge in [-0.05, 0) is 31.5 Å². The van der Waals surface area contributed by atoms with Crippen LogP contribution in [0.25, 0.3) is 0 Å². The molecule has 0 bridgehead atoms. The van der Waals surface area contributed by atoms with E-state index in [2.05, 4.69) is 26.1 Å². The summed E-state index contributed by atoms with van der Waals surface area (Å²) in [5.41, 5.74) is 1.98. The molecule has 7 heteroatoms. The minimum absolute atomic E-state index is 0.174. The first-order chi connectivity index (χ1) is 11.3. The molecule has 124 valence electrons. The van der Waals surface area contributed by atoms with Crippen LogP contribution >= 0.6 is 11.3 Å². The molecule has 0 amide bonds. The Morgan fingerprint density at radius 1 is 1.30 bits per heavy atom. The summed E-state index contributed by atoms with van der Waals surface area (Å²) in [4.78, 5) is 4.84. The number of hydrogen-bond acceptors (Lipinski definition) is 7. The van der Waals surface area contributed by atoms with E-state index in [1.807, 2.05) is 6.07 Å². The number of ether oxygens (including phenoxy) is 1. The van der Waals surface area contributed by atoms with Crippen molar-refractivity contribution >= 4 is 16.5 Å². The number of rotatable bonds is 3. The topological polar surface area (TPSA) is 54.6 Å². The molecule has 0 N–H and O–H groups in total. The van der Waals surface area contributed by atoms with Crippen molar-refractivity contribution in [1.82, 2.24) is 15.1 Å². The number of anilines is 1. The van der Waals surface area contributed by atoms with Crippen molar-refractivity contribution in [2.75, 3.05) is 44.3 Å². The lowest BCUT2D eigenvalue weighted by atomic mass is 9.80. The van der Waals surface area contributed by atoms with Gasteiger partial charge in [0.2, 0.25) is 5.13 Å². The van der Waals surface area contributed by atoms with E-state index in [4.69, 9.17) is 9.15 Å².